The average Bonchev–Trinajstić information content (AvgIpc) is 2.62. The van der Waals surface area contributed by atoms with Crippen LogP contribution in [0.4, 0.5) is 0 Å². The van der Waals surface area contributed by atoms with Gasteiger partial charge in [0.05, 0.1) is 11.6 Å². The second-order valence-electron chi connectivity index (χ2n) is 4.00. The molecule has 2 nitrogen and oxygen atoms in total. The molecule has 1 aromatic rings. The van der Waals surface area contributed by atoms with E-state index in [0.29, 0.717) is 0 Å². The molecule has 76 valence electrons. The highest BCUT2D eigenvalue weighted by atomic mass is 16.3. The van der Waals surface area contributed by atoms with E-state index in [1.807, 2.05) is 25.2 Å². The van der Waals surface area contributed by atoms with Crippen molar-refractivity contribution in [3.8, 4) is 0 Å². The van der Waals surface area contributed by atoms with Gasteiger partial charge < -0.3 is 10.4 Å². The molecule has 1 aliphatic carbocycles. The van der Waals surface area contributed by atoms with E-state index in [1.165, 1.54) is 5.56 Å². The summed E-state index contributed by atoms with van der Waals surface area (Å²) >= 11 is 0. The Morgan fingerprint density at radius 2 is 2.07 bits per heavy atom. The van der Waals surface area contributed by atoms with Gasteiger partial charge in [0.1, 0.15) is 0 Å². The van der Waals surface area contributed by atoms with E-state index in [9.17, 15) is 5.11 Å². The van der Waals surface area contributed by atoms with Gasteiger partial charge in [-0.15, -0.1) is 0 Å². The van der Waals surface area contributed by atoms with E-state index in [0.717, 1.165) is 19.3 Å². The molecule has 0 aliphatic heterocycles. The van der Waals surface area contributed by atoms with Crippen molar-refractivity contribution in [1.29, 1.82) is 0 Å². The number of rotatable bonds is 2. The third kappa shape index (κ3) is 1.35. The topological polar surface area (TPSA) is 32.3 Å². The van der Waals surface area contributed by atoms with Crippen molar-refractivity contribution in [2.75, 3.05) is 7.05 Å². The van der Waals surface area contributed by atoms with Crippen molar-refractivity contribution < 1.29 is 5.11 Å². The standard InChI is InChI=1S/C12H17NO/c1-13-12(9-5-8-11(12)14)10-6-3-2-4-7-10/h2-4,6-7,11,13-14H,5,8-9H2,1H3. The molecule has 1 saturated carbocycles. The van der Waals surface area contributed by atoms with Crippen molar-refractivity contribution in [3.05, 3.63) is 35.9 Å². The van der Waals surface area contributed by atoms with Crippen LogP contribution in [0.1, 0.15) is 24.8 Å². The number of aliphatic hydroxyl groups is 1. The summed E-state index contributed by atoms with van der Waals surface area (Å²) in [4.78, 5) is 0. The summed E-state index contributed by atoms with van der Waals surface area (Å²) in [7, 11) is 1.93. The molecule has 1 aromatic carbocycles. The molecule has 2 rings (SSSR count). The normalized spacial score (nSPS) is 32.0. The third-order valence-corrected chi connectivity index (χ3v) is 3.35. The van der Waals surface area contributed by atoms with Gasteiger partial charge in [-0.1, -0.05) is 30.3 Å². The number of hydrogen-bond acceptors (Lipinski definition) is 2. The number of aliphatic hydroxyl groups excluding tert-OH is 1. The van der Waals surface area contributed by atoms with Gasteiger partial charge in [-0.3, -0.25) is 0 Å². The zero-order chi connectivity index (χ0) is 10.0. The molecule has 0 heterocycles. The van der Waals surface area contributed by atoms with Gasteiger partial charge in [0.25, 0.3) is 0 Å². The SMILES string of the molecule is CNC1(c2ccccc2)CCCC1O. The Hall–Kier alpha value is -0.860. The van der Waals surface area contributed by atoms with Crippen LogP contribution < -0.4 is 5.32 Å². The van der Waals surface area contributed by atoms with Gasteiger partial charge in [-0.25, -0.2) is 0 Å². The quantitative estimate of drug-likeness (QED) is 0.745. The average molecular weight is 191 g/mol. The van der Waals surface area contributed by atoms with Crippen LogP contribution in [0.2, 0.25) is 0 Å². The lowest BCUT2D eigenvalue weighted by Gasteiger charge is -2.33. The molecular formula is C12H17NO. The Balaban J connectivity index is 2.38. The summed E-state index contributed by atoms with van der Waals surface area (Å²) < 4.78 is 0. The fourth-order valence-corrected chi connectivity index (χ4v) is 2.50. The molecule has 0 saturated heterocycles. The minimum Gasteiger partial charge on any atom is -0.391 e. The maximum atomic E-state index is 10.0. The van der Waals surface area contributed by atoms with E-state index in [1.54, 1.807) is 0 Å². The molecule has 1 aliphatic rings. The Kier molecular flexibility index (Phi) is 2.57. The van der Waals surface area contributed by atoms with Crippen LogP contribution in [-0.2, 0) is 5.54 Å². The molecular weight excluding hydrogens is 174 g/mol. The highest BCUT2D eigenvalue weighted by Crippen LogP contribution is 2.38. The van der Waals surface area contributed by atoms with Crippen LogP contribution >= 0.6 is 0 Å². The molecule has 0 amide bonds. The zero-order valence-corrected chi connectivity index (χ0v) is 8.53. The first kappa shape index (κ1) is 9.69. The predicted molar refractivity (Wildman–Crippen MR) is 57.0 cm³/mol. The number of likely N-dealkylation sites (N-methyl/N-ethyl adjacent to an activating group) is 1. The first-order valence-corrected chi connectivity index (χ1v) is 5.22. The summed E-state index contributed by atoms with van der Waals surface area (Å²) in [5, 5.41) is 13.3. The second-order valence-corrected chi connectivity index (χ2v) is 4.00. The fourth-order valence-electron chi connectivity index (χ4n) is 2.50. The molecule has 2 unspecified atom stereocenters. The highest BCUT2D eigenvalue weighted by Gasteiger charge is 2.41. The third-order valence-electron chi connectivity index (χ3n) is 3.35. The lowest BCUT2D eigenvalue weighted by Crippen LogP contribution is -2.46. The molecule has 2 atom stereocenters. The molecule has 2 heteroatoms. The molecule has 2 N–H and O–H groups in total. The summed E-state index contributed by atoms with van der Waals surface area (Å²) in [5.74, 6) is 0. The molecule has 0 radical (unpaired) electrons. The van der Waals surface area contributed by atoms with Crippen molar-refractivity contribution in [3.63, 3.8) is 0 Å². The van der Waals surface area contributed by atoms with Gasteiger partial charge in [-0.2, -0.15) is 0 Å². The maximum Gasteiger partial charge on any atom is 0.0763 e. The maximum absolute atomic E-state index is 10.0. The predicted octanol–water partition coefficient (Wildman–Crippen LogP) is 1.65. The van der Waals surface area contributed by atoms with Gasteiger partial charge in [-0.05, 0) is 31.9 Å². The number of benzene rings is 1. The Bertz CT molecular complexity index is 298. The summed E-state index contributed by atoms with van der Waals surface area (Å²) in [6.07, 6.45) is 2.76. The van der Waals surface area contributed by atoms with Crippen molar-refractivity contribution >= 4 is 0 Å². The molecule has 0 aromatic heterocycles. The monoisotopic (exact) mass is 191 g/mol. The van der Waals surface area contributed by atoms with Gasteiger partial charge in [0.15, 0.2) is 0 Å². The summed E-state index contributed by atoms with van der Waals surface area (Å²) in [6.45, 7) is 0. The van der Waals surface area contributed by atoms with Gasteiger partial charge >= 0.3 is 0 Å². The first-order valence-electron chi connectivity index (χ1n) is 5.22. The second kappa shape index (κ2) is 3.71. The lowest BCUT2D eigenvalue weighted by atomic mass is 9.86. The smallest absolute Gasteiger partial charge is 0.0763 e. The van der Waals surface area contributed by atoms with Crippen molar-refractivity contribution in [2.45, 2.75) is 30.9 Å². The Morgan fingerprint density at radius 3 is 2.57 bits per heavy atom. The summed E-state index contributed by atoms with van der Waals surface area (Å²) in [6, 6.07) is 10.2. The van der Waals surface area contributed by atoms with E-state index < -0.39 is 0 Å². The molecule has 14 heavy (non-hydrogen) atoms. The van der Waals surface area contributed by atoms with Crippen LogP contribution in [0, 0.1) is 0 Å². The first-order chi connectivity index (χ1) is 6.79. The molecule has 0 bridgehead atoms. The van der Waals surface area contributed by atoms with E-state index in [2.05, 4.69) is 17.4 Å². The van der Waals surface area contributed by atoms with Crippen molar-refractivity contribution in [2.24, 2.45) is 0 Å². The van der Waals surface area contributed by atoms with Crippen LogP contribution in [0.3, 0.4) is 0 Å². The van der Waals surface area contributed by atoms with Crippen molar-refractivity contribution in [1.82, 2.24) is 5.32 Å². The van der Waals surface area contributed by atoms with Gasteiger partial charge in [0.2, 0.25) is 0 Å². The van der Waals surface area contributed by atoms with Crippen LogP contribution in [0.25, 0.3) is 0 Å². The number of hydrogen-bond donors (Lipinski definition) is 2. The minimum absolute atomic E-state index is 0.207. The zero-order valence-electron chi connectivity index (χ0n) is 8.53. The minimum atomic E-state index is -0.255. The van der Waals surface area contributed by atoms with E-state index in [4.69, 9.17) is 0 Å². The highest BCUT2D eigenvalue weighted by molar-refractivity contribution is 5.27. The molecule has 0 spiro atoms. The Morgan fingerprint density at radius 1 is 1.36 bits per heavy atom. The van der Waals surface area contributed by atoms with Gasteiger partial charge in [0, 0.05) is 0 Å². The number of nitrogens with one attached hydrogen (secondary N) is 1. The summed E-state index contributed by atoms with van der Waals surface area (Å²) in [5.41, 5.74) is 0.994. The fraction of sp³-hybridized carbons (Fsp3) is 0.500. The Labute approximate surface area is 85.0 Å². The van der Waals surface area contributed by atoms with Crippen LogP contribution in [0.15, 0.2) is 30.3 Å². The van der Waals surface area contributed by atoms with E-state index >= 15 is 0 Å². The lowest BCUT2D eigenvalue weighted by molar-refractivity contribution is 0.0891. The van der Waals surface area contributed by atoms with E-state index in [-0.39, 0.29) is 11.6 Å². The van der Waals surface area contributed by atoms with Crippen LogP contribution in [-0.4, -0.2) is 18.3 Å². The van der Waals surface area contributed by atoms with Crippen LogP contribution in [0.5, 0.6) is 0 Å². The largest absolute Gasteiger partial charge is 0.391 e. The molecule has 1 fully saturated rings.